The van der Waals surface area contributed by atoms with E-state index in [2.05, 4.69) is 142 Å². The summed E-state index contributed by atoms with van der Waals surface area (Å²) in [5.74, 6) is -0.919. The fourth-order valence-electron chi connectivity index (χ4n) is 8.81. The van der Waals surface area contributed by atoms with Crippen LogP contribution in [0, 0.1) is 0 Å². The SMILES string of the molecule is CC/C=C\C/C=C\C/C=C\C/C=C\C/C=C\C/C=C\C/C=C\CCCCCCCC(=O)OCC(COC(=O)CCCCCCC/C=C\CCC)OC(=O)CCCCCCCCCCCCC/C=C\C/C=C\CCCCCCC. The number of allylic oxidation sites excluding steroid dienone is 20. The molecule has 0 bridgehead atoms. The molecule has 0 saturated carbocycles. The van der Waals surface area contributed by atoms with Gasteiger partial charge in [-0.05, 0) is 128 Å². The summed E-state index contributed by atoms with van der Waals surface area (Å²) in [7, 11) is 0. The Morgan fingerprint density at radius 2 is 0.526 bits per heavy atom. The molecule has 6 heteroatoms. The maximum absolute atomic E-state index is 12.9. The Hall–Kier alpha value is -4.19. The number of hydrogen-bond acceptors (Lipinski definition) is 6. The molecule has 0 N–H and O–H groups in total. The lowest BCUT2D eigenvalue weighted by atomic mass is 10.0. The molecule has 0 aromatic carbocycles. The standard InChI is InChI=1S/C72H120O6/c1-4-7-10-13-16-19-22-24-26-28-30-32-34-35-36-37-39-40-42-44-46-48-50-53-56-59-62-65-71(74)77-68-69(67-76-70(73)64-61-58-55-52-21-18-15-12-9-6-3)78-72(75)66-63-60-57-54-51-49-47-45-43-41-38-33-31-29-27-25-23-20-17-14-11-8-5-2/h7,10,12,15-16,19,23-26,29-32,35-36,39-40,44,46,69H,4-6,8-9,11,13-14,17-18,20-22,27-28,33-34,37-38,41-43,45,47-68H2,1-3H3/b10-7-,15-12-,19-16-,25-23-,26-24-,31-29-,32-30-,36-35-,40-39-,46-44-. The highest BCUT2D eigenvalue weighted by molar-refractivity contribution is 5.71. The van der Waals surface area contributed by atoms with Crippen molar-refractivity contribution in [3.63, 3.8) is 0 Å². The Labute approximate surface area is 482 Å². The summed E-state index contributed by atoms with van der Waals surface area (Å²) in [6, 6.07) is 0. The van der Waals surface area contributed by atoms with Crippen molar-refractivity contribution in [2.24, 2.45) is 0 Å². The molecular formula is C72H120O6. The molecule has 0 heterocycles. The summed E-state index contributed by atoms with van der Waals surface area (Å²) in [6.45, 7) is 6.44. The van der Waals surface area contributed by atoms with Crippen LogP contribution in [0.3, 0.4) is 0 Å². The van der Waals surface area contributed by atoms with E-state index in [0.717, 1.165) is 148 Å². The van der Waals surface area contributed by atoms with Crippen LogP contribution in [-0.2, 0) is 28.6 Å². The van der Waals surface area contributed by atoms with E-state index in [1.165, 1.54) is 109 Å². The second kappa shape index (κ2) is 65.3. The maximum atomic E-state index is 12.9. The van der Waals surface area contributed by atoms with E-state index in [4.69, 9.17) is 14.2 Å². The van der Waals surface area contributed by atoms with E-state index in [0.29, 0.717) is 19.3 Å². The van der Waals surface area contributed by atoms with Crippen LogP contribution in [-0.4, -0.2) is 37.2 Å². The molecule has 6 nitrogen and oxygen atoms in total. The van der Waals surface area contributed by atoms with Gasteiger partial charge in [-0.3, -0.25) is 14.4 Å². The van der Waals surface area contributed by atoms with E-state index in [1.54, 1.807) is 0 Å². The van der Waals surface area contributed by atoms with Crippen molar-refractivity contribution in [1.82, 2.24) is 0 Å². The molecule has 0 aliphatic carbocycles. The molecule has 0 rings (SSSR count). The fraction of sp³-hybridized carbons (Fsp3) is 0.681. The van der Waals surface area contributed by atoms with E-state index in [-0.39, 0.29) is 31.1 Å². The van der Waals surface area contributed by atoms with E-state index >= 15 is 0 Å². The zero-order valence-corrected chi connectivity index (χ0v) is 50.9. The Bertz CT molecular complexity index is 1620. The molecule has 0 aromatic heterocycles. The largest absolute Gasteiger partial charge is 0.462 e. The molecule has 0 spiro atoms. The zero-order valence-electron chi connectivity index (χ0n) is 50.9. The molecule has 0 saturated heterocycles. The van der Waals surface area contributed by atoms with Crippen molar-refractivity contribution in [3.8, 4) is 0 Å². The van der Waals surface area contributed by atoms with E-state index in [1.807, 2.05) is 0 Å². The Morgan fingerprint density at radius 1 is 0.269 bits per heavy atom. The van der Waals surface area contributed by atoms with Crippen molar-refractivity contribution in [3.05, 3.63) is 122 Å². The number of hydrogen-bond donors (Lipinski definition) is 0. The highest BCUT2D eigenvalue weighted by Crippen LogP contribution is 2.15. The van der Waals surface area contributed by atoms with Gasteiger partial charge in [-0.25, -0.2) is 0 Å². The first-order chi connectivity index (χ1) is 38.5. The van der Waals surface area contributed by atoms with Crippen molar-refractivity contribution < 1.29 is 28.6 Å². The smallest absolute Gasteiger partial charge is 0.306 e. The minimum absolute atomic E-state index is 0.0912. The Kier molecular flexibility index (Phi) is 61.8. The second-order valence-electron chi connectivity index (χ2n) is 21.3. The van der Waals surface area contributed by atoms with E-state index in [9.17, 15) is 14.4 Å². The minimum atomic E-state index is -0.794. The van der Waals surface area contributed by atoms with Crippen molar-refractivity contribution >= 4 is 17.9 Å². The number of carbonyl (C=O) groups is 3. The first-order valence-electron chi connectivity index (χ1n) is 32.5. The minimum Gasteiger partial charge on any atom is -0.462 e. The average molecular weight is 1080 g/mol. The average Bonchev–Trinajstić information content (AvgIpc) is 3.44. The third kappa shape index (κ3) is 62.7. The molecule has 0 amide bonds. The van der Waals surface area contributed by atoms with Crippen molar-refractivity contribution in [2.75, 3.05) is 13.2 Å². The van der Waals surface area contributed by atoms with Gasteiger partial charge < -0.3 is 14.2 Å². The molecule has 78 heavy (non-hydrogen) atoms. The highest BCUT2D eigenvalue weighted by atomic mass is 16.6. The number of rotatable bonds is 58. The van der Waals surface area contributed by atoms with Gasteiger partial charge in [0.1, 0.15) is 13.2 Å². The lowest BCUT2D eigenvalue weighted by Gasteiger charge is -2.18. The van der Waals surface area contributed by atoms with Gasteiger partial charge in [0.2, 0.25) is 0 Å². The monoisotopic (exact) mass is 1080 g/mol. The van der Waals surface area contributed by atoms with Gasteiger partial charge in [0.15, 0.2) is 6.10 Å². The molecule has 0 radical (unpaired) electrons. The van der Waals surface area contributed by atoms with Gasteiger partial charge in [0.05, 0.1) is 0 Å². The molecule has 444 valence electrons. The van der Waals surface area contributed by atoms with Crippen LogP contribution in [0.1, 0.15) is 297 Å². The quantitative estimate of drug-likeness (QED) is 0.0261. The third-order valence-corrected chi connectivity index (χ3v) is 13.7. The molecule has 0 fully saturated rings. The van der Waals surface area contributed by atoms with Crippen LogP contribution in [0.25, 0.3) is 0 Å². The Balaban J connectivity index is 4.31. The first kappa shape index (κ1) is 73.8. The van der Waals surface area contributed by atoms with Gasteiger partial charge in [-0.2, -0.15) is 0 Å². The number of ether oxygens (including phenoxy) is 3. The summed E-state index contributed by atoms with van der Waals surface area (Å²) < 4.78 is 16.9. The maximum Gasteiger partial charge on any atom is 0.306 e. The fourth-order valence-corrected chi connectivity index (χ4v) is 8.81. The summed E-state index contributed by atoms with van der Waals surface area (Å²) in [4.78, 5) is 38.2. The van der Waals surface area contributed by atoms with Crippen LogP contribution in [0.4, 0.5) is 0 Å². The summed E-state index contributed by atoms with van der Waals surface area (Å²) >= 11 is 0. The molecule has 1 atom stereocenters. The molecule has 0 aliphatic heterocycles. The van der Waals surface area contributed by atoms with Crippen LogP contribution in [0.5, 0.6) is 0 Å². The first-order valence-corrected chi connectivity index (χ1v) is 32.5. The Morgan fingerprint density at radius 3 is 0.846 bits per heavy atom. The third-order valence-electron chi connectivity index (χ3n) is 13.7. The predicted molar refractivity (Wildman–Crippen MR) is 339 cm³/mol. The summed E-state index contributed by atoms with van der Waals surface area (Å²) in [5.41, 5.74) is 0. The van der Waals surface area contributed by atoms with Crippen molar-refractivity contribution in [2.45, 2.75) is 303 Å². The van der Waals surface area contributed by atoms with Gasteiger partial charge in [0, 0.05) is 19.3 Å². The second-order valence-corrected chi connectivity index (χ2v) is 21.3. The van der Waals surface area contributed by atoms with Crippen LogP contribution in [0.15, 0.2) is 122 Å². The van der Waals surface area contributed by atoms with E-state index < -0.39 is 6.10 Å². The normalized spacial score (nSPS) is 12.9. The molecule has 0 aliphatic rings. The number of carbonyl (C=O) groups excluding carboxylic acids is 3. The van der Waals surface area contributed by atoms with Crippen LogP contribution >= 0.6 is 0 Å². The highest BCUT2D eigenvalue weighted by Gasteiger charge is 2.19. The lowest BCUT2D eigenvalue weighted by Crippen LogP contribution is -2.30. The van der Waals surface area contributed by atoms with Gasteiger partial charge in [-0.15, -0.1) is 0 Å². The molecule has 1 unspecified atom stereocenters. The van der Waals surface area contributed by atoms with Crippen LogP contribution < -0.4 is 0 Å². The zero-order chi connectivity index (χ0) is 56.4. The molecule has 0 aromatic rings. The van der Waals surface area contributed by atoms with Gasteiger partial charge in [0.25, 0.3) is 0 Å². The molecular weight excluding hydrogens is 961 g/mol. The predicted octanol–water partition coefficient (Wildman–Crippen LogP) is 22.4. The number of esters is 3. The van der Waals surface area contributed by atoms with Gasteiger partial charge >= 0.3 is 17.9 Å². The van der Waals surface area contributed by atoms with Gasteiger partial charge in [-0.1, -0.05) is 271 Å². The lowest BCUT2D eigenvalue weighted by molar-refractivity contribution is -0.167. The van der Waals surface area contributed by atoms with Crippen LogP contribution in [0.2, 0.25) is 0 Å². The van der Waals surface area contributed by atoms with Crippen molar-refractivity contribution in [1.29, 1.82) is 0 Å². The topological polar surface area (TPSA) is 78.9 Å². The summed E-state index contributed by atoms with van der Waals surface area (Å²) in [6.07, 6.45) is 90.7. The summed E-state index contributed by atoms with van der Waals surface area (Å²) in [5, 5.41) is 0. The number of unbranched alkanes of at least 4 members (excludes halogenated alkanes) is 27.